The summed E-state index contributed by atoms with van der Waals surface area (Å²) in [6.07, 6.45) is -0.370. The maximum atomic E-state index is 13.2. The fourth-order valence-corrected chi connectivity index (χ4v) is 3.35. The summed E-state index contributed by atoms with van der Waals surface area (Å²) in [5.41, 5.74) is 3.01. The van der Waals surface area contributed by atoms with Gasteiger partial charge in [-0.1, -0.05) is 74.5 Å². The smallest absolute Gasteiger partial charge is 0.408 e. The van der Waals surface area contributed by atoms with Crippen LogP contribution < -0.4 is 16.1 Å². The molecule has 200 valence electrons. The summed E-state index contributed by atoms with van der Waals surface area (Å²) >= 11 is 0. The van der Waals surface area contributed by atoms with E-state index in [-0.39, 0.29) is 18.9 Å². The van der Waals surface area contributed by atoms with Crippen LogP contribution in [-0.2, 0) is 37.0 Å². The molecule has 0 aliphatic rings. The van der Waals surface area contributed by atoms with Crippen LogP contribution in [0.5, 0.6) is 0 Å². The van der Waals surface area contributed by atoms with Crippen molar-refractivity contribution in [1.29, 1.82) is 0 Å². The number of nitrogens with one attached hydrogen (secondary N) is 3. The largest absolute Gasteiger partial charge is 0.445 e. The van der Waals surface area contributed by atoms with Crippen LogP contribution in [0.2, 0.25) is 0 Å². The number of ketones is 1. The van der Waals surface area contributed by atoms with Gasteiger partial charge in [0.25, 0.3) is 0 Å². The van der Waals surface area contributed by atoms with Crippen molar-refractivity contribution in [1.82, 2.24) is 16.1 Å². The van der Waals surface area contributed by atoms with Gasteiger partial charge < -0.3 is 15.4 Å². The summed E-state index contributed by atoms with van der Waals surface area (Å²) in [7, 11) is 0. The third-order valence-corrected chi connectivity index (χ3v) is 5.12. The number of carbonyl (C=O) groups is 4. The summed E-state index contributed by atoms with van der Waals surface area (Å²) in [6, 6.07) is 16.0. The van der Waals surface area contributed by atoms with Crippen molar-refractivity contribution in [2.75, 3.05) is 0 Å². The summed E-state index contributed by atoms with van der Waals surface area (Å²) < 4.78 is 5.26. The standard InChI is InChI=1S/C28H37N3O6/c1-19(2)16-23(30-27(35)36-18-21-14-10-7-11-15-21)25(33)29-22(17-20-12-8-6-9-13-20)24(32)26(34)31-37-28(3,4)5/h6-15,19,22-23H,16-18H2,1-5H3,(H,29,33)(H,30,35)(H,31,34)/t22?,23-/m0/s1. The molecule has 37 heavy (non-hydrogen) atoms. The van der Waals surface area contributed by atoms with Crippen molar-refractivity contribution < 1.29 is 28.8 Å². The van der Waals surface area contributed by atoms with E-state index in [0.717, 1.165) is 11.1 Å². The molecular weight excluding hydrogens is 474 g/mol. The number of ether oxygens (including phenoxy) is 1. The fourth-order valence-electron chi connectivity index (χ4n) is 3.35. The number of hydrogen-bond acceptors (Lipinski definition) is 6. The number of hydroxylamine groups is 1. The molecule has 1 unspecified atom stereocenters. The van der Waals surface area contributed by atoms with Gasteiger partial charge in [0.1, 0.15) is 18.7 Å². The molecule has 0 fully saturated rings. The highest BCUT2D eigenvalue weighted by atomic mass is 16.7. The molecule has 0 bridgehead atoms. The van der Waals surface area contributed by atoms with Crippen molar-refractivity contribution in [3.63, 3.8) is 0 Å². The second-order valence-corrected chi connectivity index (χ2v) is 10.1. The molecule has 2 aromatic rings. The van der Waals surface area contributed by atoms with Crippen LogP contribution in [0.1, 0.15) is 52.2 Å². The molecule has 0 saturated heterocycles. The number of amides is 3. The quantitative estimate of drug-likeness (QED) is 0.296. The average molecular weight is 512 g/mol. The molecular formula is C28H37N3O6. The van der Waals surface area contributed by atoms with Crippen LogP contribution in [0.4, 0.5) is 4.79 Å². The van der Waals surface area contributed by atoms with Crippen LogP contribution in [-0.4, -0.2) is 41.4 Å². The molecule has 0 spiro atoms. The first-order valence-electron chi connectivity index (χ1n) is 12.3. The second kappa shape index (κ2) is 14.1. The minimum Gasteiger partial charge on any atom is -0.445 e. The third-order valence-electron chi connectivity index (χ3n) is 5.12. The van der Waals surface area contributed by atoms with Crippen LogP contribution in [0.15, 0.2) is 60.7 Å². The van der Waals surface area contributed by atoms with Crippen molar-refractivity contribution in [2.24, 2.45) is 5.92 Å². The lowest BCUT2D eigenvalue weighted by Gasteiger charge is -2.24. The number of benzene rings is 2. The third kappa shape index (κ3) is 11.3. The molecule has 0 heterocycles. The first-order valence-corrected chi connectivity index (χ1v) is 12.3. The van der Waals surface area contributed by atoms with Gasteiger partial charge in [-0.3, -0.25) is 19.2 Å². The molecule has 3 amide bonds. The molecule has 2 atom stereocenters. The van der Waals surface area contributed by atoms with Crippen molar-refractivity contribution in [2.45, 2.75) is 71.8 Å². The van der Waals surface area contributed by atoms with E-state index < -0.39 is 41.4 Å². The zero-order valence-electron chi connectivity index (χ0n) is 22.1. The van der Waals surface area contributed by atoms with Crippen molar-refractivity contribution in [3.8, 4) is 0 Å². The van der Waals surface area contributed by atoms with Gasteiger partial charge >= 0.3 is 12.0 Å². The number of alkyl carbamates (subject to hydrolysis) is 1. The Morgan fingerprint density at radius 3 is 1.92 bits per heavy atom. The Morgan fingerprint density at radius 1 is 0.811 bits per heavy atom. The van der Waals surface area contributed by atoms with Crippen LogP contribution in [0.3, 0.4) is 0 Å². The fraction of sp³-hybridized carbons (Fsp3) is 0.429. The van der Waals surface area contributed by atoms with Gasteiger partial charge in [0.05, 0.1) is 5.60 Å². The maximum absolute atomic E-state index is 13.2. The molecule has 0 aromatic heterocycles. The van der Waals surface area contributed by atoms with Gasteiger partial charge in [-0.15, -0.1) is 0 Å². The lowest BCUT2D eigenvalue weighted by molar-refractivity contribution is -0.155. The van der Waals surface area contributed by atoms with Gasteiger partial charge in [-0.2, -0.15) is 0 Å². The monoisotopic (exact) mass is 511 g/mol. The van der Waals surface area contributed by atoms with Crippen LogP contribution in [0, 0.1) is 5.92 Å². The normalized spacial score (nSPS) is 12.8. The SMILES string of the molecule is CC(C)C[C@H](NC(=O)OCc1ccccc1)C(=O)NC(Cc1ccccc1)C(=O)C(=O)NOC(C)(C)C. The van der Waals surface area contributed by atoms with E-state index in [4.69, 9.17) is 9.57 Å². The summed E-state index contributed by atoms with van der Waals surface area (Å²) in [4.78, 5) is 56.4. The van der Waals surface area contributed by atoms with Gasteiger partial charge in [0.15, 0.2) is 0 Å². The second-order valence-electron chi connectivity index (χ2n) is 10.1. The van der Waals surface area contributed by atoms with E-state index in [1.807, 2.05) is 50.2 Å². The van der Waals surface area contributed by atoms with Gasteiger partial charge in [0.2, 0.25) is 11.7 Å². The first-order chi connectivity index (χ1) is 17.4. The Morgan fingerprint density at radius 2 is 1.38 bits per heavy atom. The molecule has 9 heteroatoms. The van der Waals surface area contributed by atoms with Gasteiger partial charge in [0, 0.05) is 6.42 Å². The Kier molecular flexibility index (Phi) is 11.3. The molecule has 0 aliphatic carbocycles. The van der Waals surface area contributed by atoms with Crippen LogP contribution in [0.25, 0.3) is 0 Å². The highest BCUT2D eigenvalue weighted by Gasteiger charge is 2.31. The zero-order chi connectivity index (χ0) is 27.4. The van der Waals surface area contributed by atoms with Crippen molar-refractivity contribution >= 4 is 23.7 Å². The Balaban J connectivity index is 2.12. The molecule has 0 aliphatic heterocycles. The van der Waals surface area contributed by atoms with E-state index in [0.29, 0.717) is 6.42 Å². The Bertz CT molecular complexity index is 1030. The van der Waals surface area contributed by atoms with E-state index in [1.165, 1.54) is 0 Å². The van der Waals surface area contributed by atoms with E-state index >= 15 is 0 Å². The minimum atomic E-state index is -1.17. The molecule has 0 saturated carbocycles. The van der Waals surface area contributed by atoms with E-state index in [9.17, 15) is 19.2 Å². The first kappa shape index (κ1) is 29.5. The zero-order valence-corrected chi connectivity index (χ0v) is 22.1. The van der Waals surface area contributed by atoms with Gasteiger partial charge in [-0.25, -0.2) is 10.3 Å². The predicted octanol–water partition coefficient (Wildman–Crippen LogP) is 3.47. The topological polar surface area (TPSA) is 123 Å². The van der Waals surface area contributed by atoms with Gasteiger partial charge in [-0.05, 0) is 44.2 Å². The van der Waals surface area contributed by atoms with Crippen LogP contribution >= 0.6 is 0 Å². The molecule has 2 aromatic carbocycles. The van der Waals surface area contributed by atoms with E-state index in [1.54, 1.807) is 45.0 Å². The molecule has 2 rings (SSSR count). The lowest BCUT2D eigenvalue weighted by Crippen LogP contribution is -2.55. The molecule has 0 radical (unpaired) electrons. The lowest BCUT2D eigenvalue weighted by atomic mass is 9.99. The maximum Gasteiger partial charge on any atom is 0.408 e. The Labute approximate surface area is 218 Å². The highest BCUT2D eigenvalue weighted by molar-refractivity contribution is 6.38. The number of Topliss-reactive ketones (excluding diaryl/α,β-unsaturated/α-hetero) is 1. The number of hydrogen-bond donors (Lipinski definition) is 3. The summed E-state index contributed by atoms with van der Waals surface area (Å²) in [6.45, 7) is 9.02. The molecule has 3 N–H and O–H groups in total. The highest BCUT2D eigenvalue weighted by Crippen LogP contribution is 2.10. The van der Waals surface area contributed by atoms with E-state index in [2.05, 4.69) is 16.1 Å². The summed E-state index contributed by atoms with van der Waals surface area (Å²) in [5, 5.41) is 5.24. The predicted molar refractivity (Wildman–Crippen MR) is 139 cm³/mol. The molecule has 9 nitrogen and oxygen atoms in total. The van der Waals surface area contributed by atoms with Crippen molar-refractivity contribution in [3.05, 3.63) is 71.8 Å². The number of rotatable bonds is 12. The average Bonchev–Trinajstić information content (AvgIpc) is 2.85. The number of carbonyl (C=O) groups excluding carboxylic acids is 4. The minimum absolute atomic E-state index is 0.0474. The summed E-state index contributed by atoms with van der Waals surface area (Å²) in [5.74, 6) is -2.38. The Hall–Kier alpha value is -3.72.